The number of pyridine rings is 1. The van der Waals surface area contributed by atoms with E-state index in [9.17, 15) is 25.1 Å². The average molecular weight is 256 g/mol. The number of hydrogen-bond acceptors (Lipinski definition) is 6. The van der Waals surface area contributed by atoms with Crippen LogP contribution < -0.4 is 0 Å². The van der Waals surface area contributed by atoms with E-state index in [0.717, 1.165) is 12.3 Å². The van der Waals surface area contributed by atoms with E-state index in [1.54, 1.807) is 0 Å². The number of nitrogens with zero attached hydrogens (tertiary/aromatic N) is 2. The molecule has 18 heavy (non-hydrogen) atoms. The number of carboxylic acid groups (broad SMARTS) is 1. The Morgan fingerprint density at radius 2 is 2.17 bits per heavy atom. The van der Waals surface area contributed by atoms with Crippen LogP contribution in [0.3, 0.4) is 0 Å². The number of carboxylic acids is 1. The fourth-order valence-corrected chi connectivity index (χ4v) is 1.40. The van der Waals surface area contributed by atoms with Gasteiger partial charge >= 0.3 is 5.97 Å². The van der Waals surface area contributed by atoms with Crippen molar-refractivity contribution in [2.45, 2.75) is 25.6 Å². The molecule has 0 saturated heterocycles. The minimum Gasteiger partial charge on any atom is -0.481 e. The Hall–Kier alpha value is -2.06. The zero-order chi connectivity index (χ0) is 13.9. The summed E-state index contributed by atoms with van der Waals surface area (Å²) in [7, 11) is 0. The molecule has 1 heterocycles. The Bertz CT molecular complexity index is 475. The fraction of sp³-hybridized carbons (Fsp3) is 0.400. The van der Waals surface area contributed by atoms with Gasteiger partial charge in [0.25, 0.3) is 5.69 Å². The van der Waals surface area contributed by atoms with Crippen LogP contribution in [-0.2, 0) is 4.79 Å². The third-order valence-corrected chi connectivity index (χ3v) is 2.37. The van der Waals surface area contributed by atoms with Gasteiger partial charge in [0, 0.05) is 17.8 Å². The second kappa shape index (κ2) is 5.52. The zero-order valence-corrected chi connectivity index (χ0v) is 9.48. The number of carbonyl (C=O) groups is 1. The summed E-state index contributed by atoms with van der Waals surface area (Å²) in [6.45, 7) is 1.43. The van der Waals surface area contributed by atoms with Crippen molar-refractivity contribution in [1.82, 2.24) is 4.98 Å². The highest BCUT2D eigenvalue weighted by Crippen LogP contribution is 2.24. The van der Waals surface area contributed by atoms with Crippen LogP contribution in [0.2, 0.25) is 0 Å². The van der Waals surface area contributed by atoms with Crippen molar-refractivity contribution < 1.29 is 25.0 Å². The number of nitro groups is 1. The molecule has 8 heteroatoms. The Balaban J connectivity index is 2.99. The highest BCUT2D eigenvalue weighted by Gasteiger charge is 2.24. The van der Waals surface area contributed by atoms with E-state index in [2.05, 4.69) is 4.98 Å². The lowest BCUT2D eigenvalue weighted by Gasteiger charge is -2.16. The molecular weight excluding hydrogens is 244 g/mol. The molecule has 8 nitrogen and oxygen atoms in total. The van der Waals surface area contributed by atoms with Crippen molar-refractivity contribution >= 4 is 11.7 Å². The van der Waals surface area contributed by atoms with Crippen LogP contribution in [0.1, 0.15) is 23.8 Å². The quantitative estimate of drug-likeness (QED) is 0.504. The predicted octanol–water partition coefficient (Wildman–Crippen LogP) is 0.167. The topological polar surface area (TPSA) is 134 Å². The summed E-state index contributed by atoms with van der Waals surface area (Å²) < 4.78 is 0. The zero-order valence-electron chi connectivity index (χ0n) is 9.48. The van der Waals surface area contributed by atoms with Crippen LogP contribution in [0.5, 0.6) is 0 Å². The highest BCUT2D eigenvalue weighted by molar-refractivity contribution is 5.67. The van der Waals surface area contributed by atoms with Gasteiger partial charge in [-0.3, -0.25) is 19.9 Å². The SMILES string of the molecule is Cc1ncc(C(O)C(O)CC(=O)O)cc1[N+](=O)[O-]. The molecule has 0 radical (unpaired) electrons. The molecule has 2 atom stereocenters. The number of hydrogen-bond donors (Lipinski definition) is 3. The number of rotatable bonds is 5. The van der Waals surface area contributed by atoms with Crippen molar-refractivity contribution in [3.8, 4) is 0 Å². The molecular formula is C10H12N2O6. The molecule has 0 aromatic carbocycles. The van der Waals surface area contributed by atoms with Gasteiger partial charge in [0.15, 0.2) is 0 Å². The lowest BCUT2D eigenvalue weighted by molar-refractivity contribution is -0.385. The summed E-state index contributed by atoms with van der Waals surface area (Å²) in [5, 5.41) is 38.2. The predicted molar refractivity (Wildman–Crippen MR) is 58.8 cm³/mol. The summed E-state index contributed by atoms with van der Waals surface area (Å²) >= 11 is 0. The molecule has 1 aromatic rings. The van der Waals surface area contributed by atoms with E-state index >= 15 is 0 Å². The number of aliphatic hydroxyl groups is 2. The third-order valence-electron chi connectivity index (χ3n) is 2.37. The largest absolute Gasteiger partial charge is 0.481 e. The van der Waals surface area contributed by atoms with E-state index in [1.165, 1.54) is 6.92 Å². The normalized spacial score (nSPS) is 13.9. The summed E-state index contributed by atoms with van der Waals surface area (Å²) in [5.74, 6) is -1.28. The van der Waals surface area contributed by atoms with Gasteiger partial charge in [-0.05, 0) is 6.92 Å². The molecule has 2 unspecified atom stereocenters. The van der Waals surface area contributed by atoms with Crippen molar-refractivity contribution in [2.24, 2.45) is 0 Å². The van der Waals surface area contributed by atoms with Gasteiger partial charge in [0.1, 0.15) is 11.8 Å². The van der Waals surface area contributed by atoms with E-state index in [1.807, 2.05) is 0 Å². The highest BCUT2D eigenvalue weighted by atomic mass is 16.6. The van der Waals surface area contributed by atoms with Gasteiger partial charge in [-0.25, -0.2) is 0 Å². The first kappa shape index (κ1) is 14.0. The van der Waals surface area contributed by atoms with E-state index in [-0.39, 0.29) is 16.9 Å². The van der Waals surface area contributed by atoms with Gasteiger partial charge in [-0.2, -0.15) is 0 Å². The molecule has 0 aliphatic rings. The van der Waals surface area contributed by atoms with Crippen molar-refractivity contribution in [3.05, 3.63) is 33.6 Å². The Labute approximate surface area is 102 Å². The standard InChI is InChI=1S/C10H12N2O6/c1-5-7(12(17)18)2-6(4-11-5)10(16)8(13)3-9(14)15/h2,4,8,10,13,16H,3H2,1H3,(H,14,15). The minimum atomic E-state index is -1.55. The fourth-order valence-electron chi connectivity index (χ4n) is 1.40. The number of aryl methyl sites for hydroxylation is 1. The minimum absolute atomic E-state index is 0.000972. The molecule has 0 fully saturated rings. The molecule has 0 aliphatic heterocycles. The van der Waals surface area contributed by atoms with Crippen LogP contribution >= 0.6 is 0 Å². The lowest BCUT2D eigenvalue weighted by atomic mass is 10.0. The maximum absolute atomic E-state index is 10.7. The van der Waals surface area contributed by atoms with Gasteiger partial charge in [0.05, 0.1) is 17.4 Å². The van der Waals surface area contributed by atoms with E-state index < -0.39 is 29.5 Å². The molecule has 0 amide bonds. The summed E-state index contributed by atoms with van der Waals surface area (Å²) in [4.78, 5) is 24.1. The van der Waals surface area contributed by atoms with Crippen LogP contribution in [-0.4, -0.2) is 37.3 Å². The molecule has 3 N–H and O–H groups in total. The van der Waals surface area contributed by atoms with Crippen molar-refractivity contribution in [1.29, 1.82) is 0 Å². The summed E-state index contributed by atoms with van der Waals surface area (Å²) in [6.07, 6.45) is -2.58. The van der Waals surface area contributed by atoms with Crippen LogP contribution in [0.4, 0.5) is 5.69 Å². The molecule has 0 spiro atoms. The molecule has 0 saturated carbocycles. The Morgan fingerprint density at radius 1 is 1.56 bits per heavy atom. The number of aliphatic carboxylic acids is 1. The third kappa shape index (κ3) is 3.22. The molecule has 98 valence electrons. The lowest BCUT2D eigenvalue weighted by Crippen LogP contribution is -2.22. The van der Waals surface area contributed by atoms with Crippen molar-refractivity contribution in [3.63, 3.8) is 0 Å². The maximum atomic E-state index is 10.7. The summed E-state index contributed by atoms with van der Waals surface area (Å²) in [6, 6.07) is 1.07. The first-order valence-corrected chi connectivity index (χ1v) is 5.01. The molecule has 0 bridgehead atoms. The van der Waals surface area contributed by atoms with Gasteiger partial charge < -0.3 is 15.3 Å². The molecule has 1 rings (SSSR count). The second-order valence-corrected chi connectivity index (χ2v) is 3.74. The number of aromatic nitrogens is 1. The molecule has 1 aromatic heterocycles. The Morgan fingerprint density at radius 3 is 2.67 bits per heavy atom. The van der Waals surface area contributed by atoms with Crippen LogP contribution in [0, 0.1) is 17.0 Å². The van der Waals surface area contributed by atoms with Crippen LogP contribution in [0.15, 0.2) is 12.3 Å². The first-order valence-electron chi connectivity index (χ1n) is 5.01. The van der Waals surface area contributed by atoms with E-state index in [0.29, 0.717) is 0 Å². The first-order chi connectivity index (χ1) is 8.32. The van der Waals surface area contributed by atoms with Gasteiger partial charge in [-0.15, -0.1) is 0 Å². The Kier molecular flexibility index (Phi) is 4.29. The number of aliphatic hydroxyl groups excluding tert-OH is 2. The smallest absolute Gasteiger partial charge is 0.306 e. The van der Waals surface area contributed by atoms with Gasteiger partial charge in [-0.1, -0.05) is 0 Å². The summed E-state index contributed by atoms with van der Waals surface area (Å²) in [5.41, 5.74) is -0.126. The maximum Gasteiger partial charge on any atom is 0.306 e. The van der Waals surface area contributed by atoms with Crippen LogP contribution in [0.25, 0.3) is 0 Å². The van der Waals surface area contributed by atoms with Gasteiger partial charge in [0.2, 0.25) is 0 Å². The molecule has 0 aliphatic carbocycles. The van der Waals surface area contributed by atoms with E-state index in [4.69, 9.17) is 5.11 Å². The average Bonchev–Trinajstić information content (AvgIpc) is 2.27. The monoisotopic (exact) mass is 256 g/mol. The second-order valence-electron chi connectivity index (χ2n) is 3.74. The van der Waals surface area contributed by atoms with Crippen molar-refractivity contribution in [2.75, 3.05) is 0 Å².